The average molecular weight is 227 g/mol. The molecule has 1 rings (SSSR count). The zero-order valence-electron chi connectivity index (χ0n) is 9.75. The molecule has 0 spiro atoms. The molecule has 16 heavy (non-hydrogen) atoms. The highest BCUT2D eigenvalue weighted by Crippen LogP contribution is 2.15. The van der Waals surface area contributed by atoms with Crippen molar-refractivity contribution in [3.05, 3.63) is 11.4 Å². The molecule has 0 amide bonds. The molecule has 0 aliphatic heterocycles. The lowest BCUT2D eigenvalue weighted by Crippen LogP contribution is -2.22. The number of methoxy groups -OCH3 is 1. The van der Waals surface area contributed by atoms with Crippen LogP contribution in [0.4, 0.5) is 0 Å². The fourth-order valence-electron chi connectivity index (χ4n) is 1.39. The molecule has 1 aromatic heterocycles. The molecule has 1 aromatic rings. The number of carbonyl (C=O) groups is 1. The number of rotatable bonds is 6. The van der Waals surface area contributed by atoms with Crippen LogP contribution in [0.3, 0.4) is 0 Å². The van der Waals surface area contributed by atoms with Crippen molar-refractivity contribution in [3.8, 4) is 0 Å². The molecule has 0 aliphatic carbocycles. The number of aldehydes is 1. The minimum absolute atomic E-state index is 0.215. The third kappa shape index (κ3) is 2.65. The van der Waals surface area contributed by atoms with Crippen LogP contribution >= 0.6 is 0 Å². The Kier molecular flexibility index (Phi) is 4.57. The molecule has 1 N–H and O–H groups in total. The Labute approximate surface area is 94.2 Å². The van der Waals surface area contributed by atoms with E-state index >= 15 is 0 Å². The van der Waals surface area contributed by atoms with Crippen molar-refractivity contribution in [1.82, 2.24) is 15.0 Å². The first-order chi connectivity index (χ1) is 7.61. The van der Waals surface area contributed by atoms with Gasteiger partial charge in [0, 0.05) is 13.5 Å². The number of aromatic nitrogens is 3. The smallest absolute Gasteiger partial charge is 0.172 e. The van der Waals surface area contributed by atoms with Crippen LogP contribution in [-0.4, -0.2) is 46.2 Å². The Morgan fingerprint density at radius 2 is 2.25 bits per heavy atom. The standard InChI is InChI=1S/C10H17N3O3/c1-7(8(2)15)13-10(4-5-16-3)9(6-14)11-12-13/h6-8,15H,4-5H2,1-3H3. The van der Waals surface area contributed by atoms with E-state index in [0.29, 0.717) is 30.7 Å². The summed E-state index contributed by atoms with van der Waals surface area (Å²) in [7, 11) is 1.59. The van der Waals surface area contributed by atoms with E-state index in [1.807, 2.05) is 6.92 Å². The van der Waals surface area contributed by atoms with Crippen LogP contribution < -0.4 is 0 Å². The number of aliphatic hydroxyl groups excluding tert-OH is 1. The Hall–Kier alpha value is -1.27. The maximum Gasteiger partial charge on any atom is 0.172 e. The maximum atomic E-state index is 10.8. The molecule has 0 saturated heterocycles. The highest BCUT2D eigenvalue weighted by atomic mass is 16.5. The van der Waals surface area contributed by atoms with Crippen molar-refractivity contribution in [2.75, 3.05) is 13.7 Å². The average Bonchev–Trinajstić information content (AvgIpc) is 2.67. The highest BCUT2D eigenvalue weighted by Gasteiger charge is 2.19. The predicted octanol–water partition coefficient (Wildman–Crippen LogP) is 0.221. The molecule has 0 bridgehead atoms. The number of nitrogens with zero attached hydrogens (tertiary/aromatic N) is 3. The summed E-state index contributed by atoms with van der Waals surface area (Å²) in [6.45, 7) is 3.98. The van der Waals surface area contributed by atoms with Gasteiger partial charge in [-0.15, -0.1) is 5.10 Å². The summed E-state index contributed by atoms with van der Waals surface area (Å²) in [5, 5.41) is 17.1. The number of hydrogen-bond acceptors (Lipinski definition) is 5. The third-order valence-electron chi connectivity index (χ3n) is 2.56. The summed E-state index contributed by atoms with van der Waals surface area (Å²) in [6.07, 6.45) is 0.667. The van der Waals surface area contributed by atoms with Gasteiger partial charge in [-0.3, -0.25) is 4.79 Å². The number of aliphatic hydroxyl groups is 1. The van der Waals surface area contributed by atoms with E-state index in [4.69, 9.17) is 4.74 Å². The van der Waals surface area contributed by atoms with E-state index in [2.05, 4.69) is 10.3 Å². The Balaban J connectivity index is 2.99. The summed E-state index contributed by atoms with van der Waals surface area (Å²) in [5.41, 5.74) is 1.01. The van der Waals surface area contributed by atoms with Gasteiger partial charge in [0.15, 0.2) is 6.29 Å². The molecule has 6 nitrogen and oxygen atoms in total. The topological polar surface area (TPSA) is 77.2 Å². The van der Waals surface area contributed by atoms with E-state index < -0.39 is 6.10 Å². The second-order valence-corrected chi connectivity index (χ2v) is 3.71. The van der Waals surface area contributed by atoms with Crippen molar-refractivity contribution in [2.45, 2.75) is 32.4 Å². The second kappa shape index (κ2) is 5.72. The fourth-order valence-corrected chi connectivity index (χ4v) is 1.39. The summed E-state index contributed by atoms with van der Waals surface area (Å²) < 4.78 is 6.54. The maximum absolute atomic E-state index is 10.8. The zero-order chi connectivity index (χ0) is 12.1. The minimum Gasteiger partial charge on any atom is -0.391 e. The number of carbonyl (C=O) groups excluding carboxylic acids is 1. The van der Waals surface area contributed by atoms with E-state index in [1.54, 1.807) is 18.7 Å². The van der Waals surface area contributed by atoms with E-state index in [0.717, 1.165) is 0 Å². The molecule has 0 aromatic carbocycles. The normalized spacial score (nSPS) is 14.8. The van der Waals surface area contributed by atoms with Crippen LogP contribution in [0.5, 0.6) is 0 Å². The summed E-state index contributed by atoms with van der Waals surface area (Å²) in [4.78, 5) is 10.8. The van der Waals surface area contributed by atoms with Crippen LogP contribution in [0.2, 0.25) is 0 Å². The van der Waals surface area contributed by atoms with Crippen molar-refractivity contribution in [2.24, 2.45) is 0 Å². The number of ether oxygens (including phenoxy) is 1. The molecule has 1 heterocycles. The molecule has 0 saturated carbocycles. The SMILES string of the molecule is COCCc1c(C=O)nnn1C(C)C(C)O. The van der Waals surface area contributed by atoms with Crippen LogP contribution in [0, 0.1) is 0 Å². The molecule has 0 radical (unpaired) electrons. The first-order valence-electron chi connectivity index (χ1n) is 5.18. The number of hydrogen-bond donors (Lipinski definition) is 1. The van der Waals surface area contributed by atoms with Crippen LogP contribution in [0.1, 0.15) is 36.1 Å². The van der Waals surface area contributed by atoms with E-state index in [9.17, 15) is 9.90 Å². The van der Waals surface area contributed by atoms with E-state index in [-0.39, 0.29) is 6.04 Å². The predicted molar refractivity (Wildman–Crippen MR) is 57.4 cm³/mol. The summed E-state index contributed by atoms with van der Waals surface area (Å²) in [5.74, 6) is 0. The summed E-state index contributed by atoms with van der Waals surface area (Å²) >= 11 is 0. The van der Waals surface area contributed by atoms with Crippen LogP contribution in [0.25, 0.3) is 0 Å². The lowest BCUT2D eigenvalue weighted by Gasteiger charge is -2.17. The van der Waals surface area contributed by atoms with Gasteiger partial charge in [-0.05, 0) is 13.8 Å². The quantitative estimate of drug-likeness (QED) is 0.703. The third-order valence-corrected chi connectivity index (χ3v) is 2.56. The lowest BCUT2D eigenvalue weighted by molar-refractivity contribution is 0.111. The largest absolute Gasteiger partial charge is 0.391 e. The van der Waals surface area contributed by atoms with Gasteiger partial charge in [0.25, 0.3) is 0 Å². The molecular formula is C10H17N3O3. The Bertz CT molecular complexity index is 349. The Morgan fingerprint density at radius 1 is 1.56 bits per heavy atom. The van der Waals surface area contributed by atoms with Crippen molar-refractivity contribution in [3.63, 3.8) is 0 Å². The lowest BCUT2D eigenvalue weighted by atomic mass is 10.2. The van der Waals surface area contributed by atoms with Gasteiger partial charge in [-0.1, -0.05) is 5.21 Å². The minimum atomic E-state index is -0.553. The summed E-state index contributed by atoms with van der Waals surface area (Å²) in [6, 6.07) is -0.215. The highest BCUT2D eigenvalue weighted by molar-refractivity contribution is 5.73. The van der Waals surface area contributed by atoms with Gasteiger partial charge >= 0.3 is 0 Å². The second-order valence-electron chi connectivity index (χ2n) is 3.71. The van der Waals surface area contributed by atoms with E-state index in [1.165, 1.54) is 0 Å². The van der Waals surface area contributed by atoms with Crippen molar-refractivity contribution >= 4 is 6.29 Å². The van der Waals surface area contributed by atoms with Gasteiger partial charge in [-0.25, -0.2) is 4.68 Å². The van der Waals surface area contributed by atoms with Gasteiger partial charge in [0.2, 0.25) is 0 Å². The molecule has 2 unspecified atom stereocenters. The van der Waals surface area contributed by atoms with Crippen LogP contribution in [-0.2, 0) is 11.2 Å². The molecule has 2 atom stereocenters. The van der Waals surface area contributed by atoms with Crippen molar-refractivity contribution in [1.29, 1.82) is 0 Å². The van der Waals surface area contributed by atoms with Gasteiger partial charge in [-0.2, -0.15) is 0 Å². The van der Waals surface area contributed by atoms with Gasteiger partial charge in [0.05, 0.1) is 24.4 Å². The zero-order valence-corrected chi connectivity index (χ0v) is 9.75. The molecule has 0 aliphatic rings. The first kappa shape index (κ1) is 12.8. The van der Waals surface area contributed by atoms with Crippen molar-refractivity contribution < 1.29 is 14.6 Å². The fraction of sp³-hybridized carbons (Fsp3) is 0.700. The first-order valence-corrected chi connectivity index (χ1v) is 5.18. The van der Waals surface area contributed by atoms with Gasteiger partial charge in [0.1, 0.15) is 5.69 Å². The van der Waals surface area contributed by atoms with Crippen LogP contribution in [0.15, 0.2) is 0 Å². The molecular weight excluding hydrogens is 210 g/mol. The molecule has 90 valence electrons. The van der Waals surface area contributed by atoms with Gasteiger partial charge < -0.3 is 9.84 Å². The Morgan fingerprint density at radius 3 is 2.75 bits per heavy atom. The molecule has 6 heteroatoms. The monoisotopic (exact) mass is 227 g/mol. The molecule has 0 fully saturated rings.